The first-order valence-corrected chi connectivity index (χ1v) is 12.2. The van der Waals surface area contributed by atoms with Crippen LogP contribution >= 0.6 is 0 Å². The number of carbonyl (C=O) groups excluding carboxylic acids is 1. The monoisotopic (exact) mass is 460 g/mol. The van der Waals surface area contributed by atoms with E-state index in [1.54, 1.807) is 12.5 Å². The van der Waals surface area contributed by atoms with Gasteiger partial charge in [0.25, 0.3) is 5.91 Å². The highest BCUT2D eigenvalue weighted by atomic mass is 16.3. The number of amides is 1. The Morgan fingerprint density at radius 2 is 1.85 bits per heavy atom. The number of hydrogen-bond donors (Lipinski definition) is 1. The molecule has 2 aromatic heterocycles. The van der Waals surface area contributed by atoms with Crippen LogP contribution in [0.2, 0.25) is 0 Å². The average Bonchev–Trinajstić information content (AvgIpc) is 3.65. The molecule has 5 rings (SSSR count). The Morgan fingerprint density at radius 1 is 1.06 bits per heavy atom. The Labute approximate surface area is 200 Å². The molecule has 1 fully saturated rings. The van der Waals surface area contributed by atoms with E-state index < -0.39 is 0 Å². The van der Waals surface area contributed by atoms with Gasteiger partial charge in [0.1, 0.15) is 23.3 Å². The lowest BCUT2D eigenvalue weighted by atomic mass is 9.94. The zero-order valence-corrected chi connectivity index (χ0v) is 19.7. The molecule has 1 aromatic carbocycles. The highest BCUT2D eigenvalue weighted by molar-refractivity contribution is 6.01. The number of anilines is 1. The molecule has 3 aromatic rings. The molecule has 1 unspecified atom stereocenters. The van der Waals surface area contributed by atoms with Gasteiger partial charge in [0.05, 0.1) is 19.1 Å². The van der Waals surface area contributed by atoms with Crippen LogP contribution in [0.5, 0.6) is 0 Å². The molecule has 34 heavy (non-hydrogen) atoms. The fourth-order valence-corrected chi connectivity index (χ4v) is 5.04. The first-order valence-electron chi connectivity index (χ1n) is 12.2. The number of rotatable bonds is 8. The smallest absolute Gasteiger partial charge is 0.262 e. The number of para-hydroxylation sites is 1. The van der Waals surface area contributed by atoms with Crippen LogP contribution in [0.25, 0.3) is 0 Å². The zero-order chi connectivity index (χ0) is 23.3. The fourth-order valence-electron chi connectivity index (χ4n) is 5.04. The van der Waals surface area contributed by atoms with Gasteiger partial charge in [-0.05, 0) is 55.8 Å². The van der Waals surface area contributed by atoms with Crippen LogP contribution in [0.1, 0.15) is 61.7 Å². The molecule has 0 radical (unpaired) electrons. The summed E-state index contributed by atoms with van der Waals surface area (Å²) in [5, 5.41) is 9.51. The van der Waals surface area contributed by atoms with Gasteiger partial charge in [-0.25, -0.2) is 5.01 Å². The van der Waals surface area contributed by atoms with E-state index in [2.05, 4.69) is 34.5 Å². The van der Waals surface area contributed by atoms with Gasteiger partial charge < -0.3 is 14.2 Å². The minimum atomic E-state index is -0.280. The molecule has 1 amide bonds. The normalized spacial score (nSPS) is 18.9. The number of hydrogen-bond acceptors (Lipinski definition) is 6. The Hall–Kier alpha value is -3.32. The van der Waals surface area contributed by atoms with Gasteiger partial charge in [-0.2, -0.15) is 5.10 Å². The quantitative estimate of drug-likeness (QED) is 0.485. The summed E-state index contributed by atoms with van der Waals surface area (Å²) in [5.74, 6) is 1.28. The fraction of sp³-hybridized carbons (Fsp3) is 0.407. The second kappa shape index (κ2) is 10.3. The Kier molecular flexibility index (Phi) is 6.81. The number of nitrogens with one attached hydrogen (secondary N) is 1. The minimum absolute atomic E-state index is 0.113. The molecule has 0 bridgehead atoms. The van der Waals surface area contributed by atoms with Crippen molar-refractivity contribution in [2.75, 3.05) is 18.9 Å². The van der Waals surface area contributed by atoms with Crippen molar-refractivity contribution < 1.29 is 13.6 Å². The summed E-state index contributed by atoms with van der Waals surface area (Å²) in [6.45, 7) is 1.01. The average molecular weight is 461 g/mol. The van der Waals surface area contributed by atoms with E-state index in [0.29, 0.717) is 24.0 Å². The maximum absolute atomic E-state index is 13.3. The molecule has 7 nitrogen and oxygen atoms in total. The second-order valence-corrected chi connectivity index (χ2v) is 9.22. The highest BCUT2D eigenvalue weighted by Gasteiger charge is 2.35. The Balaban J connectivity index is 1.27. The molecule has 1 atom stereocenters. The predicted molar refractivity (Wildman–Crippen MR) is 131 cm³/mol. The van der Waals surface area contributed by atoms with Gasteiger partial charge in [-0.1, -0.05) is 37.5 Å². The summed E-state index contributed by atoms with van der Waals surface area (Å²) in [6, 6.07) is 16.0. The summed E-state index contributed by atoms with van der Waals surface area (Å²) in [7, 11) is 2.21. The van der Waals surface area contributed by atoms with Gasteiger partial charge in [-0.3, -0.25) is 9.69 Å². The van der Waals surface area contributed by atoms with E-state index in [0.717, 1.165) is 17.9 Å². The first kappa shape index (κ1) is 22.5. The number of furan rings is 2. The summed E-state index contributed by atoms with van der Waals surface area (Å²) in [6.07, 6.45) is 10.3. The van der Waals surface area contributed by atoms with Crippen LogP contribution in [0, 0.1) is 0 Å². The minimum Gasteiger partial charge on any atom is -0.467 e. The van der Waals surface area contributed by atoms with Crippen LogP contribution in [-0.4, -0.2) is 41.2 Å². The van der Waals surface area contributed by atoms with Gasteiger partial charge in [0, 0.05) is 24.7 Å². The molecule has 1 N–H and O–H groups in total. The van der Waals surface area contributed by atoms with Crippen molar-refractivity contribution in [3.05, 3.63) is 78.1 Å². The van der Waals surface area contributed by atoms with E-state index >= 15 is 0 Å². The third kappa shape index (κ3) is 4.94. The van der Waals surface area contributed by atoms with Gasteiger partial charge in [-0.15, -0.1) is 0 Å². The maximum Gasteiger partial charge on any atom is 0.262 e. The zero-order valence-electron chi connectivity index (χ0n) is 19.7. The molecule has 0 saturated heterocycles. The van der Waals surface area contributed by atoms with Gasteiger partial charge in [0.2, 0.25) is 0 Å². The van der Waals surface area contributed by atoms with Gasteiger partial charge in [0.15, 0.2) is 0 Å². The van der Waals surface area contributed by atoms with E-state index in [9.17, 15) is 4.79 Å². The molecular formula is C27H32N4O3. The standard InChI is InChI=1S/C27H32N4O3/c1-30(21-10-3-2-4-11-21)19-20-9-5-6-12-22(20)28-18-27(32)31-24(26-14-8-16-34-26)17-23(29-31)25-13-7-15-33-25/h5-9,12-16,21,24,28H,2-4,10-11,17-19H2,1H3. The maximum atomic E-state index is 13.3. The molecule has 7 heteroatoms. The molecular weight excluding hydrogens is 428 g/mol. The molecule has 0 spiro atoms. The molecule has 1 aliphatic carbocycles. The van der Waals surface area contributed by atoms with Gasteiger partial charge >= 0.3 is 0 Å². The molecule has 1 saturated carbocycles. The molecule has 1 aliphatic heterocycles. The predicted octanol–water partition coefficient (Wildman–Crippen LogP) is 5.43. The molecule has 3 heterocycles. The lowest BCUT2D eigenvalue weighted by Crippen LogP contribution is -2.34. The van der Waals surface area contributed by atoms with Crippen molar-refractivity contribution in [2.24, 2.45) is 5.10 Å². The topological polar surface area (TPSA) is 74.2 Å². The molecule has 178 valence electrons. The molecule has 2 aliphatic rings. The summed E-state index contributed by atoms with van der Waals surface area (Å²) < 4.78 is 11.1. The van der Waals surface area contributed by atoms with Crippen LogP contribution in [0.15, 0.2) is 75.0 Å². The summed E-state index contributed by atoms with van der Waals surface area (Å²) >= 11 is 0. The Morgan fingerprint density at radius 3 is 2.62 bits per heavy atom. The number of nitrogens with zero attached hydrogens (tertiary/aromatic N) is 3. The van der Waals surface area contributed by atoms with Crippen molar-refractivity contribution >= 4 is 17.3 Å². The van der Waals surface area contributed by atoms with E-state index in [1.165, 1.54) is 42.7 Å². The van der Waals surface area contributed by atoms with Crippen molar-refractivity contribution in [1.29, 1.82) is 0 Å². The van der Waals surface area contributed by atoms with Crippen molar-refractivity contribution in [1.82, 2.24) is 9.91 Å². The lowest BCUT2D eigenvalue weighted by molar-refractivity contribution is -0.131. The number of hydrazone groups is 1. The highest BCUT2D eigenvalue weighted by Crippen LogP contribution is 2.33. The van der Waals surface area contributed by atoms with Crippen molar-refractivity contribution in [3.63, 3.8) is 0 Å². The van der Waals surface area contributed by atoms with Crippen LogP contribution in [0.4, 0.5) is 5.69 Å². The Bertz CT molecular complexity index is 1100. The van der Waals surface area contributed by atoms with Crippen molar-refractivity contribution in [3.8, 4) is 0 Å². The van der Waals surface area contributed by atoms with Crippen molar-refractivity contribution in [2.45, 2.75) is 57.2 Å². The third-order valence-electron chi connectivity index (χ3n) is 6.91. The lowest BCUT2D eigenvalue weighted by Gasteiger charge is -2.31. The largest absolute Gasteiger partial charge is 0.467 e. The number of carbonyl (C=O) groups is 1. The third-order valence-corrected chi connectivity index (χ3v) is 6.91. The number of benzene rings is 1. The second-order valence-electron chi connectivity index (χ2n) is 9.22. The summed E-state index contributed by atoms with van der Waals surface area (Å²) in [5.41, 5.74) is 2.93. The van der Waals surface area contributed by atoms with E-state index in [-0.39, 0.29) is 18.5 Å². The summed E-state index contributed by atoms with van der Waals surface area (Å²) in [4.78, 5) is 15.7. The first-order chi connectivity index (χ1) is 16.7. The van der Waals surface area contributed by atoms with Crippen LogP contribution in [0.3, 0.4) is 0 Å². The van der Waals surface area contributed by atoms with Crippen LogP contribution < -0.4 is 5.32 Å². The van der Waals surface area contributed by atoms with E-state index in [1.807, 2.05) is 36.4 Å². The van der Waals surface area contributed by atoms with Crippen LogP contribution in [-0.2, 0) is 11.3 Å². The van der Waals surface area contributed by atoms with E-state index in [4.69, 9.17) is 8.83 Å². The SMILES string of the molecule is CN(Cc1ccccc1NCC(=O)N1N=C(c2ccco2)CC1c1ccco1)C1CCCCC1.